The molecule has 1 fully saturated rings. The number of carbonyl (C=O) groups excluding carboxylic acids is 1. The van der Waals surface area contributed by atoms with Gasteiger partial charge in [0.15, 0.2) is 5.78 Å². The summed E-state index contributed by atoms with van der Waals surface area (Å²) in [4.78, 5) is 14.6. The highest BCUT2D eigenvalue weighted by atomic mass is 79.9. The fourth-order valence-electron chi connectivity index (χ4n) is 3.01. The van der Waals surface area contributed by atoms with Gasteiger partial charge in [0.25, 0.3) is 0 Å². The Hall–Kier alpha value is -0.670. The lowest BCUT2D eigenvalue weighted by Gasteiger charge is -2.19. The summed E-state index contributed by atoms with van der Waals surface area (Å²) in [5.41, 5.74) is 0.822. The van der Waals surface area contributed by atoms with Crippen molar-refractivity contribution in [3.8, 4) is 0 Å². The number of ketones is 1. The monoisotopic (exact) mass is 337 g/mol. The van der Waals surface area contributed by atoms with Crippen molar-refractivity contribution in [1.82, 2.24) is 4.90 Å². The van der Waals surface area contributed by atoms with Crippen LogP contribution in [0.4, 0.5) is 0 Å². The predicted molar refractivity (Wildman–Crippen MR) is 87.2 cm³/mol. The van der Waals surface area contributed by atoms with E-state index in [2.05, 4.69) is 27.8 Å². The summed E-state index contributed by atoms with van der Waals surface area (Å²) in [5.74, 6) is 1.11. The van der Waals surface area contributed by atoms with Crippen LogP contribution in [0, 0.1) is 5.92 Å². The van der Waals surface area contributed by atoms with Crippen LogP contribution in [0.3, 0.4) is 0 Å². The van der Waals surface area contributed by atoms with Crippen molar-refractivity contribution in [1.29, 1.82) is 0 Å². The highest BCUT2D eigenvalue weighted by molar-refractivity contribution is 9.10. The minimum Gasteiger partial charge on any atom is -0.296 e. The second kappa shape index (κ2) is 7.94. The minimum atomic E-state index is 0.242. The molecule has 2 rings (SSSR count). The number of hydrogen-bond acceptors (Lipinski definition) is 2. The van der Waals surface area contributed by atoms with E-state index in [1.165, 1.54) is 32.1 Å². The zero-order chi connectivity index (χ0) is 14.4. The molecule has 3 heteroatoms. The smallest absolute Gasteiger partial charge is 0.176 e. The molecule has 1 unspecified atom stereocenters. The first kappa shape index (κ1) is 15.7. The predicted octanol–water partition coefficient (Wildman–Crippen LogP) is 4.53. The summed E-state index contributed by atoms with van der Waals surface area (Å²) in [5, 5.41) is 0. The third-order valence-electron chi connectivity index (χ3n) is 4.17. The maximum atomic E-state index is 12.3. The maximum absolute atomic E-state index is 12.3. The second-order valence-corrected chi connectivity index (χ2v) is 6.71. The summed E-state index contributed by atoms with van der Waals surface area (Å²) in [6, 6.07) is 7.69. The Bertz CT molecular complexity index is 429. The molecule has 0 amide bonds. The molecule has 0 spiro atoms. The Kier molecular flexibility index (Phi) is 6.24. The van der Waals surface area contributed by atoms with Gasteiger partial charge in [-0.05, 0) is 50.4 Å². The lowest BCUT2D eigenvalue weighted by molar-refractivity contribution is 0.0932. The van der Waals surface area contributed by atoms with Crippen molar-refractivity contribution in [3.05, 3.63) is 34.3 Å². The van der Waals surface area contributed by atoms with Gasteiger partial charge < -0.3 is 0 Å². The number of nitrogens with zero attached hydrogens (tertiary/aromatic N) is 1. The molecule has 1 aromatic carbocycles. The highest BCUT2D eigenvalue weighted by Crippen LogP contribution is 2.22. The van der Waals surface area contributed by atoms with Gasteiger partial charge >= 0.3 is 0 Å². The van der Waals surface area contributed by atoms with Crippen molar-refractivity contribution in [3.63, 3.8) is 0 Å². The van der Waals surface area contributed by atoms with Gasteiger partial charge in [-0.25, -0.2) is 0 Å². The average Bonchev–Trinajstić information content (AvgIpc) is 2.66. The summed E-state index contributed by atoms with van der Waals surface area (Å²) < 4.78 is 1.02. The van der Waals surface area contributed by atoms with Gasteiger partial charge in [0.05, 0.1) is 6.54 Å². The molecule has 1 heterocycles. The van der Waals surface area contributed by atoms with Crippen LogP contribution in [-0.2, 0) is 0 Å². The Balaban J connectivity index is 1.86. The van der Waals surface area contributed by atoms with Crippen LogP contribution < -0.4 is 0 Å². The van der Waals surface area contributed by atoms with Gasteiger partial charge in [0.2, 0.25) is 0 Å². The number of carbonyl (C=O) groups is 1. The van der Waals surface area contributed by atoms with E-state index in [-0.39, 0.29) is 5.78 Å². The topological polar surface area (TPSA) is 20.3 Å². The molecule has 2 nitrogen and oxygen atoms in total. The van der Waals surface area contributed by atoms with Crippen molar-refractivity contribution in [2.24, 2.45) is 5.92 Å². The van der Waals surface area contributed by atoms with Gasteiger partial charge in [-0.3, -0.25) is 9.69 Å². The van der Waals surface area contributed by atoms with E-state index >= 15 is 0 Å². The summed E-state index contributed by atoms with van der Waals surface area (Å²) in [7, 11) is 0. The third-order valence-corrected chi connectivity index (χ3v) is 4.70. The van der Waals surface area contributed by atoms with Gasteiger partial charge in [0, 0.05) is 10.0 Å². The molecule has 1 aromatic rings. The molecular weight excluding hydrogens is 314 g/mol. The molecule has 20 heavy (non-hydrogen) atoms. The zero-order valence-electron chi connectivity index (χ0n) is 12.3. The van der Waals surface area contributed by atoms with E-state index in [0.29, 0.717) is 6.54 Å². The quantitative estimate of drug-likeness (QED) is 0.735. The second-order valence-electron chi connectivity index (χ2n) is 5.79. The van der Waals surface area contributed by atoms with E-state index in [9.17, 15) is 4.79 Å². The van der Waals surface area contributed by atoms with Gasteiger partial charge in [-0.1, -0.05) is 47.8 Å². The van der Waals surface area contributed by atoms with Crippen molar-refractivity contribution >= 4 is 21.7 Å². The van der Waals surface area contributed by atoms with Crippen molar-refractivity contribution < 1.29 is 4.79 Å². The van der Waals surface area contributed by atoms with Crippen LogP contribution in [0.2, 0.25) is 0 Å². The molecule has 0 bridgehead atoms. The molecule has 0 aromatic heterocycles. The van der Waals surface area contributed by atoms with Crippen LogP contribution in [0.15, 0.2) is 28.7 Å². The Labute approximate surface area is 130 Å². The van der Waals surface area contributed by atoms with Gasteiger partial charge in [-0.15, -0.1) is 0 Å². The lowest BCUT2D eigenvalue weighted by Crippen LogP contribution is -2.31. The van der Waals surface area contributed by atoms with E-state index < -0.39 is 0 Å². The number of Topliss-reactive ketones (excluding diaryl/α,β-unsaturated/α-hetero) is 1. The van der Waals surface area contributed by atoms with E-state index in [0.717, 1.165) is 29.0 Å². The fraction of sp³-hybridized carbons (Fsp3) is 0.588. The standard InChI is InChI=1S/C17H24BrNO/c1-2-4-14-5-3-11-19(12-10-14)13-17(20)15-6-8-16(18)9-7-15/h6-9,14H,2-5,10-13H2,1H3. The van der Waals surface area contributed by atoms with Crippen LogP contribution in [0.1, 0.15) is 49.4 Å². The Morgan fingerprint density at radius 2 is 2.00 bits per heavy atom. The average molecular weight is 338 g/mol. The van der Waals surface area contributed by atoms with Crippen molar-refractivity contribution in [2.75, 3.05) is 19.6 Å². The number of hydrogen-bond donors (Lipinski definition) is 0. The highest BCUT2D eigenvalue weighted by Gasteiger charge is 2.18. The van der Waals surface area contributed by atoms with Gasteiger partial charge in [-0.2, -0.15) is 0 Å². The summed E-state index contributed by atoms with van der Waals surface area (Å²) in [6.07, 6.45) is 6.44. The molecule has 0 N–H and O–H groups in total. The number of rotatable bonds is 5. The van der Waals surface area contributed by atoms with E-state index in [1.807, 2.05) is 24.3 Å². The minimum absolute atomic E-state index is 0.242. The molecule has 0 aliphatic carbocycles. The summed E-state index contributed by atoms with van der Waals surface area (Å²) >= 11 is 3.40. The largest absolute Gasteiger partial charge is 0.296 e. The molecule has 0 radical (unpaired) electrons. The number of halogens is 1. The maximum Gasteiger partial charge on any atom is 0.176 e. The molecule has 1 saturated heterocycles. The molecular formula is C17H24BrNO. The van der Waals surface area contributed by atoms with Crippen LogP contribution in [-0.4, -0.2) is 30.3 Å². The molecule has 0 saturated carbocycles. The first-order valence-corrected chi connectivity index (χ1v) is 8.49. The van der Waals surface area contributed by atoms with Gasteiger partial charge in [0.1, 0.15) is 0 Å². The van der Waals surface area contributed by atoms with E-state index in [1.54, 1.807) is 0 Å². The third kappa shape index (κ3) is 4.71. The van der Waals surface area contributed by atoms with Crippen LogP contribution >= 0.6 is 15.9 Å². The van der Waals surface area contributed by atoms with Crippen LogP contribution in [0.5, 0.6) is 0 Å². The Morgan fingerprint density at radius 1 is 1.25 bits per heavy atom. The summed E-state index contributed by atoms with van der Waals surface area (Å²) in [6.45, 7) is 4.98. The SMILES string of the molecule is CCCC1CCCN(CC(=O)c2ccc(Br)cc2)CC1. The molecule has 1 aliphatic heterocycles. The van der Waals surface area contributed by atoms with Crippen molar-refractivity contribution in [2.45, 2.75) is 39.0 Å². The van der Waals surface area contributed by atoms with Crippen LogP contribution in [0.25, 0.3) is 0 Å². The zero-order valence-corrected chi connectivity index (χ0v) is 13.9. The van der Waals surface area contributed by atoms with E-state index in [4.69, 9.17) is 0 Å². The lowest BCUT2D eigenvalue weighted by atomic mass is 9.96. The Morgan fingerprint density at radius 3 is 2.70 bits per heavy atom. The number of benzene rings is 1. The first-order valence-electron chi connectivity index (χ1n) is 7.70. The molecule has 1 aliphatic rings. The molecule has 110 valence electrons. The number of likely N-dealkylation sites (tertiary alicyclic amines) is 1. The normalized spacial score (nSPS) is 20.6. The first-order chi connectivity index (χ1) is 9.69. The fourth-order valence-corrected chi connectivity index (χ4v) is 3.27. The molecule has 1 atom stereocenters.